The van der Waals surface area contributed by atoms with E-state index in [4.69, 9.17) is 24.1 Å². The average molecular weight is 569 g/mol. The Morgan fingerprint density at radius 1 is 0.850 bits per heavy atom. The lowest BCUT2D eigenvalue weighted by Gasteiger charge is -2.29. The van der Waals surface area contributed by atoms with Gasteiger partial charge in [-0.1, -0.05) is 20.8 Å². The molecule has 0 radical (unpaired) electrons. The molecule has 6 unspecified atom stereocenters. The molecule has 0 aromatic carbocycles. The molecule has 0 spiro atoms. The van der Waals surface area contributed by atoms with Gasteiger partial charge in [0.15, 0.2) is 0 Å². The van der Waals surface area contributed by atoms with E-state index >= 15 is 0 Å². The Balaban J connectivity index is 0.000000228. The highest BCUT2D eigenvalue weighted by atomic mass is 16.7. The fraction of sp³-hybridized carbons (Fsp3) is 0.871. The maximum absolute atomic E-state index is 12.1. The average Bonchev–Trinajstić information content (AvgIpc) is 3.55. The third kappa shape index (κ3) is 8.20. The SMILES string of the molecule is CCC(C)(C)C(=O)O.CCC(C)(C)C(=O)OC1C2CC3C(=O)OC1C3C2.CCC(C)(C)C(=O)OC1CCCCO1. The van der Waals surface area contributed by atoms with Gasteiger partial charge in [-0.25, -0.2) is 0 Å². The largest absolute Gasteiger partial charge is 0.481 e. The van der Waals surface area contributed by atoms with Crippen molar-refractivity contribution >= 4 is 23.9 Å². The minimum absolute atomic E-state index is 0.0779. The van der Waals surface area contributed by atoms with E-state index in [-0.39, 0.29) is 47.7 Å². The number of hydrogen-bond donors (Lipinski definition) is 1. The number of rotatable bonds is 8. The first kappa shape index (κ1) is 34.0. The molecule has 9 nitrogen and oxygen atoms in total. The number of fused-ring (bicyclic) bond motifs is 1. The van der Waals surface area contributed by atoms with Crippen LogP contribution in [0, 0.1) is 34.0 Å². The fourth-order valence-corrected chi connectivity index (χ4v) is 4.87. The Labute approximate surface area is 240 Å². The lowest BCUT2D eigenvalue weighted by molar-refractivity contribution is -0.196. The molecule has 4 fully saturated rings. The summed E-state index contributed by atoms with van der Waals surface area (Å²) in [4.78, 5) is 45.7. The van der Waals surface area contributed by atoms with Crippen molar-refractivity contribution in [3.05, 3.63) is 0 Å². The molecule has 0 amide bonds. The van der Waals surface area contributed by atoms with Crippen molar-refractivity contribution in [1.29, 1.82) is 0 Å². The van der Waals surface area contributed by atoms with E-state index in [0.29, 0.717) is 24.9 Å². The highest BCUT2D eigenvalue weighted by Crippen LogP contribution is 2.55. The fourth-order valence-electron chi connectivity index (χ4n) is 4.87. The first-order valence-electron chi connectivity index (χ1n) is 15.0. The summed E-state index contributed by atoms with van der Waals surface area (Å²) >= 11 is 0. The molecule has 9 heteroatoms. The Hall–Kier alpha value is -2.16. The van der Waals surface area contributed by atoms with Gasteiger partial charge in [0.05, 0.1) is 28.8 Å². The van der Waals surface area contributed by atoms with Crippen molar-refractivity contribution in [2.75, 3.05) is 6.61 Å². The molecule has 6 atom stereocenters. The van der Waals surface area contributed by atoms with E-state index in [1.807, 2.05) is 48.5 Å². The summed E-state index contributed by atoms with van der Waals surface area (Å²) in [7, 11) is 0. The molecule has 40 heavy (non-hydrogen) atoms. The molecule has 2 heterocycles. The molecule has 2 aliphatic heterocycles. The number of hydrogen-bond acceptors (Lipinski definition) is 8. The molecule has 0 aromatic rings. The van der Waals surface area contributed by atoms with Gasteiger partial charge in [-0.05, 0) is 86.5 Å². The van der Waals surface area contributed by atoms with Crippen molar-refractivity contribution in [2.45, 2.75) is 132 Å². The van der Waals surface area contributed by atoms with Gasteiger partial charge in [-0.3, -0.25) is 19.2 Å². The van der Waals surface area contributed by atoms with Gasteiger partial charge in [0.25, 0.3) is 0 Å². The van der Waals surface area contributed by atoms with Crippen LogP contribution in [0.15, 0.2) is 0 Å². The van der Waals surface area contributed by atoms with E-state index < -0.39 is 16.8 Å². The number of ether oxygens (including phenoxy) is 4. The van der Waals surface area contributed by atoms with Crippen LogP contribution >= 0.6 is 0 Å². The van der Waals surface area contributed by atoms with E-state index in [2.05, 4.69) is 0 Å². The molecule has 4 aliphatic rings. The van der Waals surface area contributed by atoms with Gasteiger partial charge < -0.3 is 24.1 Å². The first-order chi connectivity index (χ1) is 18.5. The highest BCUT2D eigenvalue weighted by Gasteiger charge is 2.63. The second-order valence-electron chi connectivity index (χ2n) is 13.5. The van der Waals surface area contributed by atoms with Crippen LogP contribution in [0.3, 0.4) is 0 Å². The lowest BCUT2D eigenvalue weighted by Crippen LogP contribution is -2.39. The summed E-state index contributed by atoms with van der Waals surface area (Å²) in [5.41, 5.74) is -1.38. The van der Waals surface area contributed by atoms with Crippen molar-refractivity contribution in [3.63, 3.8) is 0 Å². The Bertz CT molecular complexity index is 900. The normalized spacial score (nSPS) is 28.9. The Kier molecular flexibility index (Phi) is 11.6. The van der Waals surface area contributed by atoms with E-state index in [1.54, 1.807) is 13.8 Å². The van der Waals surface area contributed by atoms with Crippen LogP contribution in [0.5, 0.6) is 0 Å². The maximum Gasteiger partial charge on any atom is 0.313 e. The quantitative estimate of drug-likeness (QED) is 0.281. The van der Waals surface area contributed by atoms with Crippen molar-refractivity contribution in [2.24, 2.45) is 34.0 Å². The lowest BCUT2D eigenvalue weighted by atomic mass is 9.87. The van der Waals surface area contributed by atoms with Gasteiger partial charge in [0.1, 0.15) is 12.2 Å². The zero-order valence-corrected chi connectivity index (χ0v) is 26.0. The molecule has 4 rings (SSSR count). The molecular formula is C31H52O9. The zero-order valence-electron chi connectivity index (χ0n) is 26.0. The molecule has 230 valence electrons. The number of esters is 3. The van der Waals surface area contributed by atoms with Gasteiger partial charge in [-0.15, -0.1) is 0 Å². The van der Waals surface area contributed by atoms with Crippen LogP contribution < -0.4 is 0 Å². The second kappa shape index (κ2) is 13.7. The number of carboxylic acid groups (broad SMARTS) is 1. The molecule has 2 bridgehead atoms. The summed E-state index contributed by atoms with van der Waals surface area (Å²) < 4.78 is 21.7. The van der Waals surface area contributed by atoms with Crippen molar-refractivity contribution in [3.8, 4) is 0 Å². The molecule has 2 aliphatic carbocycles. The predicted molar refractivity (Wildman–Crippen MR) is 149 cm³/mol. The van der Waals surface area contributed by atoms with Crippen LogP contribution in [-0.2, 0) is 38.1 Å². The number of carbonyl (C=O) groups is 4. The van der Waals surface area contributed by atoms with Crippen molar-refractivity contribution in [1.82, 2.24) is 0 Å². The summed E-state index contributed by atoms with van der Waals surface area (Å²) in [6.07, 6.45) is 6.37. The summed E-state index contributed by atoms with van der Waals surface area (Å²) in [5, 5.41) is 8.44. The second-order valence-corrected chi connectivity index (χ2v) is 13.5. The summed E-state index contributed by atoms with van der Waals surface area (Å²) in [6, 6.07) is 0. The third-order valence-corrected chi connectivity index (χ3v) is 9.37. The topological polar surface area (TPSA) is 125 Å². The maximum atomic E-state index is 12.1. The van der Waals surface area contributed by atoms with Gasteiger partial charge >= 0.3 is 23.9 Å². The number of aliphatic carboxylic acids is 1. The van der Waals surface area contributed by atoms with E-state index in [0.717, 1.165) is 44.9 Å². The van der Waals surface area contributed by atoms with Crippen LogP contribution in [0.2, 0.25) is 0 Å². The minimum atomic E-state index is -0.722. The molecule has 0 aromatic heterocycles. The van der Waals surface area contributed by atoms with E-state index in [1.165, 1.54) is 0 Å². The molecular weight excluding hydrogens is 516 g/mol. The van der Waals surface area contributed by atoms with Crippen molar-refractivity contribution < 1.29 is 43.2 Å². The zero-order chi connectivity index (χ0) is 30.5. The first-order valence-corrected chi connectivity index (χ1v) is 15.0. The van der Waals surface area contributed by atoms with E-state index in [9.17, 15) is 19.2 Å². The van der Waals surface area contributed by atoms with Crippen LogP contribution in [0.25, 0.3) is 0 Å². The minimum Gasteiger partial charge on any atom is -0.481 e. The summed E-state index contributed by atoms with van der Waals surface area (Å²) in [5.74, 6) is -0.415. The molecule has 2 saturated heterocycles. The van der Waals surface area contributed by atoms with Gasteiger partial charge in [0.2, 0.25) is 6.29 Å². The van der Waals surface area contributed by atoms with Gasteiger partial charge in [0, 0.05) is 18.3 Å². The number of carbonyl (C=O) groups excluding carboxylic acids is 3. The van der Waals surface area contributed by atoms with Crippen LogP contribution in [-0.4, -0.2) is 54.1 Å². The Morgan fingerprint density at radius 3 is 1.85 bits per heavy atom. The standard InChI is InChI=1S/C14H20O4.C11H20O3.C6H12O2/c1-4-14(2,3)13(16)18-10-7-5-8-9(6-7)12(15)17-11(8)10;1-4-11(2,3)10(12)14-9-7-5-6-8-13-9;1-4-6(2,3)5(7)8/h7-11H,4-6H2,1-3H3;9H,4-8H2,1-3H3;4H2,1-3H3,(H,7,8). The third-order valence-electron chi connectivity index (χ3n) is 9.37. The predicted octanol–water partition coefficient (Wildman–Crippen LogP) is 5.92. The molecule has 1 N–H and O–H groups in total. The molecule has 2 saturated carbocycles. The van der Waals surface area contributed by atoms with Crippen LogP contribution in [0.4, 0.5) is 0 Å². The smallest absolute Gasteiger partial charge is 0.313 e. The summed E-state index contributed by atoms with van der Waals surface area (Å²) in [6.45, 7) is 17.6. The monoisotopic (exact) mass is 568 g/mol. The van der Waals surface area contributed by atoms with Crippen LogP contribution in [0.1, 0.15) is 114 Å². The number of carboxylic acids is 1. The van der Waals surface area contributed by atoms with Gasteiger partial charge in [-0.2, -0.15) is 0 Å². The highest BCUT2D eigenvalue weighted by molar-refractivity contribution is 5.78. The Morgan fingerprint density at radius 2 is 1.40 bits per heavy atom.